The molecule has 5 nitrogen and oxygen atoms in total. The number of para-hydroxylation sites is 3. The second kappa shape index (κ2) is 12.6. The van der Waals surface area contributed by atoms with Crippen molar-refractivity contribution in [3.05, 3.63) is 176 Å². The standard InChI is InChI=1S/C51H29N3O2S/c1-2-11-31(12-3-1)49-52-50(54-51(53-49)40-17-10-16-38-36-13-4-7-18-42(36)55-47(38)40)32-23-21-30(22-24-32)35-27-26-34(46-39-15-5-8-19-43(39)56-48(35)46)33-25-28-45-41(29-33)37-14-6-9-20-44(37)57-45/h1-29H. The summed E-state index contributed by atoms with van der Waals surface area (Å²) in [4.78, 5) is 15.1. The third-order valence-corrected chi connectivity index (χ3v) is 12.1. The Labute approximate surface area is 330 Å². The second-order valence-corrected chi connectivity index (χ2v) is 15.4. The summed E-state index contributed by atoms with van der Waals surface area (Å²) in [7, 11) is 0. The number of rotatable bonds is 5. The third kappa shape index (κ3) is 5.12. The fourth-order valence-corrected chi connectivity index (χ4v) is 9.34. The number of fused-ring (bicyclic) bond motifs is 9. The molecule has 0 atom stereocenters. The van der Waals surface area contributed by atoms with Crippen LogP contribution in [0.5, 0.6) is 0 Å². The number of benzene rings is 8. The summed E-state index contributed by atoms with van der Waals surface area (Å²) in [6, 6.07) is 60.9. The molecule has 12 aromatic rings. The Bertz CT molecular complexity index is 3530. The zero-order valence-electron chi connectivity index (χ0n) is 30.3. The molecule has 0 spiro atoms. The van der Waals surface area contributed by atoms with Crippen LogP contribution in [0.2, 0.25) is 0 Å². The van der Waals surface area contributed by atoms with Crippen LogP contribution in [-0.4, -0.2) is 15.0 Å². The van der Waals surface area contributed by atoms with Crippen molar-refractivity contribution in [1.29, 1.82) is 0 Å². The van der Waals surface area contributed by atoms with Gasteiger partial charge in [-0.15, -0.1) is 11.3 Å². The number of thiophene rings is 1. The number of aromatic nitrogens is 3. The van der Waals surface area contributed by atoms with E-state index < -0.39 is 0 Å². The van der Waals surface area contributed by atoms with Gasteiger partial charge in [0.2, 0.25) is 0 Å². The first-order chi connectivity index (χ1) is 28.2. The number of hydrogen-bond donors (Lipinski definition) is 0. The quantitative estimate of drug-likeness (QED) is 0.175. The Hall–Kier alpha value is -7.41. The first-order valence-electron chi connectivity index (χ1n) is 18.9. The minimum absolute atomic E-state index is 0.556. The molecule has 0 bridgehead atoms. The van der Waals surface area contributed by atoms with E-state index >= 15 is 0 Å². The molecular formula is C51H29N3O2S. The van der Waals surface area contributed by atoms with E-state index in [0.29, 0.717) is 17.5 Å². The van der Waals surface area contributed by atoms with Crippen LogP contribution in [0.3, 0.4) is 0 Å². The maximum atomic E-state index is 6.70. The van der Waals surface area contributed by atoms with E-state index in [1.54, 1.807) is 0 Å². The fraction of sp³-hybridized carbons (Fsp3) is 0. The average molecular weight is 748 g/mol. The van der Waals surface area contributed by atoms with Crippen LogP contribution < -0.4 is 0 Å². The molecule has 4 aromatic heterocycles. The van der Waals surface area contributed by atoms with Crippen LogP contribution in [0.25, 0.3) is 120 Å². The van der Waals surface area contributed by atoms with E-state index in [4.69, 9.17) is 23.8 Å². The summed E-state index contributed by atoms with van der Waals surface area (Å²) >= 11 is 1.84. The van der Waals surface area contributed by atoms with Gasteiger partial charge in [0.05, 0.1) is 5.56 Å². The lowest BCUT2D eigenvalue weighted by Crippen LogP contribution is -2.00. The zero-order valence-corrected chi connectivity index (χ0v) is 31.1. The molecular weight excluding hydrogens is 719 g/mol. The molecule has 0 fully saturated rings. The Balaban J connectivity index is 0.991. The molecule has 0 amide bonds. The van der Waals surface area contributed by atoms with Crippen LogP contribution in [-0.2, 0) is 0 Å². The first kappa shape index (κ1) is 31.9. The maximum absolute atomic E-state index is 6.70. The normalized spacial score (nSPS) is 11.9. The average Bonchev–Trinajstić information content (AvgIpc) is 3.98. The van der Waals surface area contributed by atoms with Crippen molar-refractivity contribution in [2.24, 2.45) is 0 Å². The zero-order chi connectivity index (χ0) is 37.5. The molecule has 266 valence electrons. The highest BCUT2D eigenvalue weighted by Gasteiger charge is 2.20. The van der Waals surface area contributed by atoms with E-state index in [0.717, 1.165) is 77.3 Å². The van der Waals surface area contributed by atoms with E-state index in [1.165, 1.54) is 25.7 Å². The molecule has 0 radical (unpaired) electrons. The molecule has 0 N–H and O–H groups in total. The minimum Gasteiger partial charge on any atom is -0.455 e. The van der Waals surface area contributed by atoms with Crippen LogP contribution in [0.15, 0.2) is 185 Å². The van der Waals surface area contributed by atoms with Crippen LogP contribution in [0.1, 0.15) is 0 Å². The predicted molar refractivity (Wildman–Crippen MR) is 234 cm³/mol. The Morgan fingerprint density at radius 3 is 1.74 bits per heavy atom. The molecule has 57 heavy (non-hydrogen) atoms. The van der Waals surface area contributed by atoms with E-state index in [2.05, 4.69) is 109 Å². The van der Waals surface area contributed by atoms with Crippen molar-refractivity contribution in [3.63, 3.8) is 0 Å². The van der Waals surface area contributed by atoms with Crippen LogP contribution in [0, 0.1) is 0 Å². The van der Waals surface area contributed by atoms with E-state index in [9.17, 15) is 0 Å². The number of nitrogens with zero attached hydrogens (tertiary/aromatic N) is 3. The molecule has 0 saturated heterocycles. The summed E-state index contributed by atoms with van der Waals surface area (Å²) in [5.41, 5.74) is 10.3. The summed E-state index contributed by atoms with van der Waals surface area (Å²) in [5, 5.41) is 6.87. The maximum Gasteiger partial charge on any atom is 0.167 e. The van der Waals surface area contributed by atoms with Gasteiger partial charge < -0.3 is 8.83 Å². The summed E-state index contributed by atoms with van der Waals surface area (Å²) in [6.07, 6.45) is 0. The smallest absolute Gasteiger partial charge is 0.167 e. The lowest BCUT2D eigenvalue weighted by Gasteiger charge is -2.11. The lowest BCUT2D eigenvalue weighted by atomic mass is 9.93. The summed E-state index contributed by atoms with van der Waals surface area (Å²) in [5.74, 6) is 1.74. The monoisotopic (exact) mass is 747 g/mol. The number of furan rings is 2. The van der Waals surface area contributed by atoms with Gasteiger partial charge in [-0.25, -0.2) is 15.0 Å². The lowest BCUT2D eigenvalue weighted by molar-refractivity contribution is 0.669. The molecule has 0 unspecified atom stereocenters. The first-order valence-corrected chi connectivity index (χ1v) is 19.7. The molecule has 0 saturated carbocycles. The molecule has 4 heterocycles. The van der Waals surface area contributed by atoms with Crippen molar-refractivity contribution in [3.8, 4) is 56.4 Å². The molecule has 8 aromatic carbocycles. The van der Waals surface area contributed by atoms with Gasteiger partial charge >= 0.3 is 0 Å². The van der Waals surface area contributed by atoms with E-state index in [1.807, 2.05) is 78.1 Å². The SMILES string of the molecule is c1ccc(-c2nc(-c3ccc(-c4ccc(-c5ccc6sc7ccccc7c6c5)c5c4oc4ccccc45)cc3)nc(-c3cccc4c3oc3ccccc34)n2)cc1. The van der Waals surface area contributed by atoms with E-state index in [-0.39, 0.29) is 0 Å². The predicted octanol–water partition coefficient (Wildman–Crippen LogP) is 14.4. The molecule has 12 rings (SSSR count). The molecule has 0 aliphatic carbocycles. The highest BCUT2D eigenvalue weighted by molar-refractivity contribution is 7.25. The van der Waals surface area contributed by atoms with Gasteiger partial charge in [-0.3, -0.25) is 0 Å². The Kier molecular flexibility index (Phi) is 7.03. The van der Waals surface area contributed by atoms with Crippen molar-refractivity contribution in [2.75, 3.05) is 0 Å². The number of hydrogen-bond acceptors (Lipinski definition) is 6. The topological polar surface area (TPSA) is 65.0 Å². The van der Waals surface area contributed by atoms with Crippen LogP contribution >= 0.6 is 11.3 Å². The minimum atomic E-state index is 0.556. The van der Waals surface area contributed by atoms with Gasteiger partial charge in [-0.2, -0.15) is 0 Å². The molecule has 6 heteroatoms. The van der Waals surface area contributed by atoms with Gasteiger partial charge in [0, 0.05) is 58.4 Å². The third-order valence-electron chi connectivity index (χ3n) is 11.0. The van der Waals surface area contributed by atoms with Crippen molar-refractivity contribution >= 4 is 75.4 Å². The van der Waals surface area contributed by atoms with Crippen molar-refractivity contribution < 1.29 is 8.83 Å². The summed E-state index contributed by atoms with van der Waals surface area (Å²) in [6.45, 7) is 0. The van der Waals surface area contributed by atoms with Crippen molar-refractivity contribution in [1.82, 2.24) is 15.0 Å². The van der Waals surface area contributed by atoms with Gasteiger partial charge in [-0.1, -0.05) is 133 Å². The van der Waals surface area contributed by atoms with Crippen molar-refractivity contribution in [2.45, 2.75) is 0 Å². The fourth-order valence-electron chi connectivity index (χ4n) is 8.25. The van der Waals surface area contributed by atoms with Gasteiger partial charge in [0.1, 0.15) is 22.3 Å². The molecule has 0 aliphatic heterocycles. The largest absolute Gasteiger partial charge is 0.455 e. The summed E-state index contributed by atoms with van der Waals surface area (Å²) < 4.78 is 15.7. The Morgan fingerprint density at radius 2 is 0.912 bits per heavy atom. The highest BCUT2D eigenvalue weighted by atomic mass is 32.1. The Morgan fingerprint density at radius 1 is 0.333 bits per heavy atom. The van der Waals surface area contributed by atoms with Gasteiger partial charge in [-0.05, 0) is 59.2 Å². The second-order valence-electron chi connectivity index (χ2n) is 14.3. The van der Waals surface area contributed by atoms with Gasteiger partial charge in [0.25, 0.3) is 0 Å². The molecule has 0 aliphatic rings. The highest BCUT2D eigenvalue weighted by Crippen LogP contribution is 2.44. The van der Waals surface area contributed by atoms with Gasteiger partial charge in [0.15, 0.2) is 17.5 Å². The van der Waals surface area contributed by atoms with Crippen LogP contribution in [0.4, 0.5) is 0 Å².